The van der Waals surface area contributed by atoms with E-state index in [0.29, 0.717) is 0 Å². The van der Waals surface area contributed by atoms with Crippen LogP contribution in [0, 0.1) is 0 Å². The Hall–Kier alpha value is -3.67. The molecule has 2 aromatic carbocycles. The molecule has 11 atom stereocenters. The van der Waals surface area contributed by atoms with Crippen LogP contribution in [-0.4, -0.2) is 117 Å². The molecule has 7 N–H and O–H groups in total. The smallest absolute Gasteiger partial charge is 0.316 e. The maximum atomic E-state index is 13.8. The first-order valence-corrected chi connectivity index (χ1v) is 16.6. The predicted octanol–water partition coefficient (Wildman–Crippen LogP) is 1.40. The zero-order valence-corrected chi connectivity index (χ0v) is 28.3. The monoisotopic (exact) mass is 701 g/mol. The van der Waals surface area contributed by atoms with Gasteiger partial charge in [-0.05, 0) is 51.1 Å². The van der Waals surface area contributed by atoms with Crippen LogP contribution >= 0.6 is 0 Å². The standard InChI is InChI=1S/C35H43NO14/c1-6-35(45)12-21(49-22-10-17(36-4)33(14(3)48-22)50-23-11-20(39)29(40)13(2)47-23)24-15(28(35)34(44)46-5)9-16-25(31(24)42)32(43)27-19(38)8-7-18(37)26(27)30(16)41/h7-9,13-14,17,20-23,28-29,33,36-40,42,45H,6,10-12H2,1-5H3/t13-,14-,17-,20-,21-,22-,23-,28-,29+,33+,35+/m0/s1. The van der Waals surface area contributed by atoms with Crippen molar-refractivity contribution in [3.63, 3.8) is 0 Å². The van der Waals surface area contributed by atoms with Crippen LogP contribution in [0.15, 0.2) is 18.2 Å². The summed E-state index contributed by atoms with van der Waals surface area (Å²) in [5.74, 6) is -5.86. The molecule has 2 fully saturated rings. The highest BCUT2D eigenvalue weighted by Crippen LogP contribution is 2.54. The molecule has 2 aliphatic heterocycles. The van der Waals surface area contributed by atoms with E-state index < -0.39 is 112 Å². The van der Waals surface area contributed by atoms with Crippen molar-refractivity contribution in [1.82, 2.24) is 5.32 Å². The highest BCUT2D eigenvalue weighted by Gasteiger charge is 2.53. The predicted molar refractivity (Wildman–Crippen MR) is 171 cm³/mol. The fourth-order valence-electron chi connectivity index (χ4n) is 7.84. The van der Waals surface area contributed by atoms with Crippen molar-refractivity contribution in [2.24, 2.45) is 0 Å². The second-order valence-corrected chi connectivity index (χ2v) is 13.5. The number of aliphatic hydroxyl groups is 3. The minimum absolute atomic E-state index is 0.00232. The summed E-state index contributed by atoms with van der Waals surface area (Å²) in [6, 6.07) is 2.97. The number of methoxy groups -OCH3 is 1. The van der Waals surface area contributed by atoms with Gasteiger partial charge in [0, 0.05) is 36.4 Å². The van der Waals surface area contributed by atoms with Gasteiger partial charge in [0.05, 0.1) is 53.8 Å². The maximum absolute atomic E-state index is 13.8. The molecule has 15 heteroatoms. The number of benzene rings is 2. The maximum Gasteiger partial charge on any atom is 0.316 e. The number of phenols is 3. The van der Waals surface area contributed by atoms with Gasteiger partial charge < -0.3 is 59.6 Å². The van der Waals surface area contributed by atoms with E-state index in [4.69, 9.17) is 23.7 Å². The Kier molecular flexibility index (Phi) is 9.73. The molecule has 4 aliphatic rings. The van der Waals surface area contributed by atoms with Gasteiger partial charge in [0.2, 0.25) is 5.78 Å². The highest BCUT2D eigenvalue weighted by molar-refractivity contribution is 6.31. The summed E-state index contributed by atoms with van der Waals surface area (Å²) >= 11 is 0. The summed E-state index contributed by atoms with van der Waals surface area (Å²) in [6.07, 6.45) is -6.85. The summed E-state index contributed by atoms with van der Waals surface area (Å²) < 4.78 is 29.7. The zero-order valence-electron chi connectivity index (χ0n) is 28.3. The molecule has 15 nitrogen and oxygen atoms in total. The minimum Gasteiger partial charge on any atom is -0.507 e. The summed E-state index contributed by atoms with van der Waals surface area (Å²) in [5, 5.41) is 68.4. The molecule has 0 spiro atoms. The van der Waals surface area contributed by atoms with Crippen LogP contribution in [-0.2, 0) is 28.5 Å². The number of aliphatic hydroxyl groups excluding tert-OH is 2. The van der Waals surface area contributed by atoms with Crippen molar-refractivity contribution in [2.75, 3.05) is 14.2 Å². The second kappa shape index (κ2) is 13.5. The van der Waals surface area contributed by atoms with Gasteiger partial charge >= 0.3 is 5.97 Å². The molecule has 0 radical (unpaired) electrons. The molecule has 0 aromatic heterocycles. The number of nitrogens with one attached hydrogen (secondary N) is 1. The average Bonchev–Trinajstić information content (AvgIpc) is 3.07. The van der Waals surface area contributed by atoms with E-state index in [-0.39, 0.29) is 48.4 Å². The van der Waals surface area contributed by atoms with Gasteiger partial charge in [0.1, 0.15) is 35.4 Å². The van der Waals surface area contributed by atoms with Gasteiger partial charge in [-0.2, -0.15) is 0 Å². The van der Waals surface area contributed by atoms with Crippen LogP contribution < -0.4 is 5.32 Å². The minimum atomic E-state index is -1.79. The zero-order chi connectivity index (χ0) is 36.4. The van der Waals surface area contributed by atoms with Crippen LogP contribution in [0.1, 0.15) is 101 Å². The van der Waals surface area contributed by atoms with Crippen LogP contribution in [0.3, 0.4) is 0 Å². The normalized spacial score (nSPS) is 35.2. The summed E-state index contributed by atoms with van der Waals surface area (Å²) in [6.45, 7) is 5.05. The number of ether oxygens (including phenoxy) is 5. The molecule has 0 unspecified atom stereocenters. The molecule has 2 aliphatic carbocycles. The Labute approximate surface area is 287 Å². The lowest BCUT2D eigenvalue weighted by molar-refractivity contribution is -0.304. The number of phenolic OH excluding ortho intramolecular Hbond substituents is 3. The molecule has 2 saturated heterocycles. The van der Waals surface area contributed by atoms with E-state index in [1.54, 1.807) is 27.8 Å². The topological polar surface area (TPSA) is 231 Å². The SMILES string of the molecule is CC[C@@]1(O)C[C@H](O[C@H]2C[C@H](NC)[C@H](O[C@H]3C[C@H](O)[C@H](O)[C@H](C)O3)[C@H](C)O2)c2c(cc3c(c2O)C(=O)c2c(O)ccc(O)c2C3=O)[C@H]1C(=O)OC. The van der Waals surface area contributed by atoms with Crippen LogP contribution in [0.2, 0.25) is 0 Å². The van der Waals surface area contributed by atoms with Gasteiger partial charge in [-0.3, -0.25) is 14.4 Å². The molecule has 0 amide bonds. The van der Waals surface area contributed by atoms with Gasteiger partial charge in [-0.1, -0.05) is 6.92 Å². The Bertz CT molecular complexity index is 1680. The van der Waals surface area contributed by atoms with E-state index in [2.05, 4.69) is 5.32 Å². The Morgan fingerprint density at radius 1 is 0.960 bits per heavy atom. The first-order valence-electron chi connectivity index (χ1n) is 16.6. The largest absolute Gasteiger partial charge is 0.507 e. The Morgan fingerprint density at radius 3 is 2.18 bits per heavy atom. The number of hydrogen-bond donors (Lipinski definition) is 7. The number of fused-ring (bicyclic) bond motifs is 3. The molecule has 0 saturated carbocycles. The van der Waals surface area contributed by atoms with Crippen LogP contribution in [0.25, 0.3) is 0 Å². The fourth-order valence-corrected chi connectivity index (χ4v) is 7.84. The van der Waals surface area contributed by atoms with Crippen molar-refractivity contribution in [3.05, 3.63) is 51.6 Å². The van der Waals surface area contributed by atoms with Crippen molar-refractivity contribution in [1.29, 1.82) is 0 Å². The van der Waals surface area contributed by atoms with E-state index >= 15 is 0 Å². The molecular weight excluding hydrogens is 658 g/mol. The number of rotatable bonds is 7. The molecule has 50 heavy (non-hydrogen) atoms. The van der Waals surface area contributed by atoms with Gasteiger partial charge in [-0.15, -0.1) is 0 Å². The first kappa shape index (κ1) is 36.1. The average molecular weight is 702 g/mol. The number of aromatic hydroxyl groups is 3. The van der Waals surface area contributed by atoms with Crippen molar-refractivity contribution in [3.8, 4) is 17.2 Å². The van der Waals surface area contributed by atoms with Crippen LogP contribution in [0.4, 0.5) is 0 Å². The number of likely N-dealkylation sites (N-methyl/N-ethyl adjacent to an activating group) is 1. The number of hydrogen-bond acceptors (Lipinski definition) is 15. The molecule has 0 bridgehead atoms. The first-order chi connectivity index (χ1) is 23.6. The lowest BCUT2D eigenvalue weighted by Crippen LogP contribution is -2.57. The van der Waals surface area contributed by atoms with Crippen LogP contribution in [0.5, 0.6) is 17.2 Å². The molecule has 2 aromatic rings. The number of carbonyl (C=O) groups excluding carboxylic acids is 3. The quantitative estimate of drug-likeness (QED) is 0.136. The van der Waals surface area contributed by atoms with E-state index in [1.807, 2.05) is 0 Å². The number of esters is 1. The third kappa shape index (κ3) is 5.84. The van der Waals surface area contributed by atoms with Gasteiger partial charge in [-0.25, -0.2) is 0 Å². The summed E-state index contributed by atoms with van der Waals surface area (Å²) in [7, 11) is 2.86. The number of ketones is 2. The Morgan fingerprint density at radius 2 is 1.58 bits per heavy atom. The van der Waals surface area contributed by atoms with Gasteiger partial charge in [0.15, 0.2) is 18.4 Å². The lowest BCUT2D eigenvalue weighted by atomic mass is 9.67. The van der Waals surface area contributed by atoms with Crippen molar-refractivity contribution >= 4 is 17.5 Å². The molecule has 272 valence electrons. The van der Waals surface area contributed by atoms with Gasteiger partial charge in [0.25, 0.3) is 0 Å². The third-order valence-corrected chi connectivity index (χ3v) is 10.6. The molecular formula is C35H43NO14. The van der Waals surface area contributed by atoms with E-state index in [1.165, 1.54) is 6.07 Å². The number of carbonyl (C=O) groups is 3. The van der Waals surface area contributed by atoms with Crippen molar-refractivity contribution < 1.29 is 68.7 Å². The summed E-state index contributed by atoms with van der Waals surface area (Å²) in [5.41, 5.74) is -3.54. The highest BCUT2D eigenvalue weighted by atomic mass is 16.7. The van der Waals surface area contributed by atoms with E-state index in [9.17, 15) is 45.0 Å². The lowest BCUT2D eigenvalue weighted by Gasteiger charge is -2.46. The molecule has 6 rings (SSSR count). The Balaban J connectivity index is 1.37. The fraction of sp³-hybridized carbons (Fsp3) is 0.571. The third-order valence-electron chi connectivity index (χ3n) is 10.6. The molecule has 2 heterocycles. The van der Waals surface area contributed by atoms with E-state index in [0.717, 1.165) is 19.2 Å². The summed E-state index contributed by atoms with van der Waals surface area (Å²) in [4.78, 5) is 40.9. The second-order valence-electron chi connectivity index (χ2n) is 13.5. The van der Waals surface area contributed by atoms with Crippen molar-refractivity contribution in [2.45, 2.75) is 113 Å².